The number of hydrogen-bond donors (Lipinski definition) is 4. The van der Waals surface area contributed by atoms with Crippen molar-refractivity contribution < 1.29 is 14.9 Å². The van der Waals surface area contributed by atoms with Crippen molar-refractivity contribution in [2.45, 2.75) is 38.3 Å². The molecule has 0 aromatic heterocycles. The molecule has 0 amide bonds. The summed E-state index contributed by atoms with van der Waals surface area (Å²) in [5, 5.41) is 25.0. The number of aliphatic hydroxyl groups is 2. The van der Waals surface area contributed by atoms with Crippen LogP contribution in [0.2, 0.25) is 0 Å². The lowest BCUT2D eigenvalue weighted by atomic mass is 9.91. The van der Waals surface area contributed by atoms with E-state index in [0.29, 0.717) is 13.0 Å². The predicted octanol–water partition coefficient (Wildman–Crippen LogP) is -0.0300. The van der Waals surface area contributed by atoms with Crippen LogP contribution in [0.25, 0.3) is 0 Å². The van der Waals surface area contributed by atoms with E-state index in [9.17, 15) is 10.2 Å². The van der Waals surface area contributed by atoms with Crippen molar-refractivity contribution in [2.75, 3.05) is 40.5 Å². The minimum atomic E-state index is -0.548. The van der Waals surface area contributed by atoms with Crippen LogP contribution in [-0.2, 0) is 4.74 Å². The lowest BCUT2D eigenvalue weighted by molar-refractivity contribution is -0.105. The van der Waals surface area contributed by atoms with Gasteiger partial charge in [-0.05, 0) is 40.3 Å². The Bertz CT molecular complexity index is 222. The maximum Gasteiger partial charge on any atom is 0.0921 e. The van der Waals surface area contributed by atoms with Gasteiger partial charge in [0.1, 0.15) is 0 Å². The largest absolute Gasteiger partial charge is 0.394 e. The van der Waals surface area contributed by atoms with Gasteiger partial charge >= 0.3 is 0 Å². The van der Waals surface area contributed by atoms with Crippen molar-refractivity contribution in [3.8, 4) is 0 Å². The summed E-state index contributed by atoms with van der Waals surface area (Å²) in [6, 6.07) is 0. The van der Waals surface area contributed by atoms with Crippen LogP contribution in [-0.4, -0.2) is 61.8 Å². The summed E-state index contributed by atoms with van der Waals surface area (Å²) in [6.07, 6.45) is 0.696. The third-order valence-electron chi connectivity index (χ3n) is 3.90. The summed E-state index contributed by atoms with van der Waals surface area (Å²) in [4.78, 5) is 0. The van der Waals surface area contributed by atoms with Gasteiger partial charge in [-0.3, -0.25) is 0 Å². The molecule has 0 fully saturated rings. The molecule has 0 aromatic rings. The van der Waals surface area contributed by atoms with Crippen LogP contribution in [0.15, 0.2) is 0 Å². The highest BCUT2D eigenvalue weighted by Gasteiger charge is 2.32. The van der Waals surface area contributed by atoms with E-state index in [1.807, 2.05) is 27.9 Å². The molecule has 0 heterocycles. The first-order chi connectivity index (χ1) is 8.37. The van der Waals surface area contributed by atoms with Gasteiger partial charge in [-0.1, -0.05) is 6.92 Å². The Morgan fingerprint density at radius 1 is 1.17 bits per heavy atom. The standard InChI is InChI=1S/C13H30N2O3/c1-11(8-14-4)13(3,10-17)18-7-6-12(2,9-16)15-5/h11,14-17H,6-10H2,1-5H3. The van der Waals surface area contributed by atoms with Crippen LogP contribution in [0.4, 0.5) is 0 Å². The molecule has 110 valence electrons. The third kappa shape index (κ3) is 5.20. The molecule has 0 saturated carbocycles. The fourth-order valence-electron chi connectivity index (χ4n) is 1.66. The van der Waals surface area contributed by atoms with Gasteiger partial charge in [0.15, 0.2) is 0 Å². The van der Waals surface area contributed by atoms with Gasteiger partial charge in [-0.15, -0.1) is 0 Å². The molecule has 0 aliphatic heterocycles. The molecule has 0 aromatic carbocycles. The third-order valence-corrected chi connectivity index (χ3v) is 3.90. The highest BCUT2D eigenvalue weighted by molar-refractivity contribution is 4.84. The lowest BCUT2D eigenvalue weighted by Crippen LogP contribution is -2.47. The summed E-state index contributed by atoms with van der Waals surface area (Å²) in [5.41, 5.74) is -0.879. The van der Waals surface area contributed by atoms with E-state index in [0.717, 1.165) is 6.54 Å². The molecular formula is C13H30N2O3. The van der Waals surface area contributed by atoms with Crippen molar-refractivity contribution in [2.24, 2.45) is 5.92 Å². The van der Waals surface area contributed by atoms with Crippen molar-refractivity contribution in [3.05, 3.63) is 0 Å². The molecule has 5 nitrogen and oxygen atoms in total. The zero-order valence-corrected chi connectivity index (χ0v) is 12.4. The quantitative estimate of drug-likeness (QED) is 0.445. The maximum absolute atomic E-state index is 9.51. The van der Waals surface area contributed by atoms with E-state index in [-0.39, 0.29) is 24.7 Å². The molecule has 0 saturated heterocycles. The predicted molar refractivity (Wildman–Crippen MR) is 73.7 cm³/mol. The van der Waals surface area contributed by atoms with Crippen LogP contribution in [0.5, 0.6) is 0 Å². The number of ether oxygens (including phenoxy) is 1. The monoisotopic (exact) mass is 262 g/mol. The van der Waals surface area contributed by atoms with Crippen molar-refractivity contribution in [3.63, 3.8) is 0 Å². The summed E-state index contributed by atoms with van der Waals surface area (Å²) in [5.74, 6) is 0.211. The Morgan fingerprint density at radius 3 is 2.17 bits per heavy atom. The molecule has 0 rings (SSSR count). The van der Waals surface area contributed by atoms with Crippen molar-refractivity contribution in [1.29, 1.82) is 0 Å². The zero-order valence-electron chi connectivity index (χ0n) is 12.4. The van der Waals surface area contributed by atoms with Gasteiger partial charge < -0.3 is 25.6 Å². The second-order valence-electron chi connectivity index (χ2n) is 5.50. The summed E-state index contributed by atoms with van der Waals surface area (Å²) in [7, 11) is 3.71. The highest BCUT2D eigenvalue weighted by atomic mass is 16.5. The topological polar surface area (TPSA) is 73.8 Å². The molecule has 5 heteroatoms. The second kappa shape index (κ2) is 8.07. The molecule has 3 unspecified atom stereocenters. The van der Waals surface area contributed by atoms with Crippen molar-refractivity contribution >= 4 is 0 Å². The van der Waals surface area contributed by atoms with Crippen LogP contribution in [0, 0.1) is 5.92 Å². The zero-order chi connectivity index (χ0) is 14.2. The second-order valence-corrected chi connectivity index (χ2v) is 5.50. The van der Waals surface area contributed by atoms with E-state index in [1.165, 1.54) is 0 Å². The Morgan fingerprint density at radius 2 is 1.78 bits per heavy atom. The maximum atomic E-state index is 9.51. The van der Waals surface area contributed by atoms with Crippen LogP contribution >= 0.6 is 0 Å². The molecule has 3 atom stereocenters. The summed E-state index contributed by atoms with van der Waals surface area (Å²) in [6.45, 7) is 7.27. The van der Waals surface area contributed by atoms with Gasteiger partial charge in [-0.2, -0.15) is 0 Å². The Labute approximate surface area is 111 Å². The highest BCUT2D eigenvalue weighted by Crippen LogP contribution is 2.22. The Balaban J connectivity index is 4.30. The first kappa shape index (κ1) is 17.8. The van der Waals surface area contributed by atoms with E-state index >= 15 is 0 Å². The van der Waals surface area contributed by atoms with Gasteiger partial charge in [0.2, 0.25) is 0 Å². The molecule has 0 radical (unpaired) electrons. The molecule has 0 aliphatic carbocycles. The van der Waals surface area contributed by atoms with E-state index < -0.39 is 5.60 Å². The average molecular weight is 262 g/mol. The van der Waals surface area contributed by atoms with E-state index in [1.54, 1.807) is 0 Å². The first-order valence-electron chi connectivity index (χ1n) is 6.56. The molecule has 18 heavy (non-hydrogen) atoms. The first-order valence-corrected chi connectivity index (χ1v) is 6.56. The van der Waals surface area contributed by atoms with Crippen LogP contribution < -0.4 is 10.6 Å². The fraction of sp³-hybridized carbons (Fsp3) is 1.00. The number of rotatable bonds is 10. The Kier molecular flexibility index (Phi) is 7.98. The fourth-order valence-corrected chi connectivity index (χ4v) is 1.66. The molecule has 0 spiro atoms. The minimum absolute atomic E-state index is 0.00869. The van der Waals surface area contributed by atoms with Crippen LogP contribution in [0.1, 0.15) is 27.2 Å². The molecule has 0 aliphatic rings. The number of nitrogens with one attached hydrogen (secondary N) is 2. The van der Waals surface area contributed by atoms with Crippen molar-refractivity contribution in [1.82, 2.24) is 10.6 Å². The van der Waals surface area contributed by atoms with E-state index in [2.05, 4.69) is 17.6 Å². The summed E-state index contributed by atoms with van der Waals surface area (Å²) < 4.78 is 5.85. The molecular weight excluding hydrogens is 232 g/mol. The van der Waals surface area contributed by atoms with Gasteiger partial charge in [0.05, 0.1) is 18.8 Å². The minimum Gasteiger partial charge on any atom is -0.394 e. The molecule has 0 bridgehead atoms. The summed E-state index contributed by atoms with van der Waals surface area (Å²) >= 11 is 0. The van der Waals surface area contributed by atoms with Crippen LogP contribution in [0.3, 0.4) is 0 Å². The van der Waals surface area contributed by atoms with Gasteiger partial charge in [-0.25, -0.2) is 0 Å². The smallest absolute Gasteiger partial charge is 0.0921 e. The van der Waals surface area contributed by atoms with Gasteiger partial charge in [0, 0.05) is 18.7 Å². The number of aliphatic hydroxyl groups excluding tert-OH is 2. The number of hydrogen-bond acceptors (Lipinski definition) is 5. The molecule has 4 N–H and O–H groups in total. The average Bonchev–Trinajstić information content (AvgIpc) is 2.38. The number of likely N-dealkylation sites (N-methyl/N-ethyl adjacent to an activating group) is 1. The normalized spacial score (nSPS) is 20.2. The SMILES string of the molecule is CNCC(C)C(C)(CO)OCCC(C)(CO)NC. The lowest BCUT2D eigenvalue weighted by Gasteiger charge is -2.36. The van der Waals surface area contributed by atoms with Gasteiger partial charge in [0.25, 0.3) is 0 Å². The Hall–Kier alpha value is -0.200. The van der Waals surface area contributed by atoms with E-state index in [4.69, 9.17) is 4.74 Å².